The lowest BCUT2D eigenvalue weighted by atomic mass is 10.2. The second kappa shape index (κ2) is 16.7. The lowest BCUT2D eigenvalue weighted by Gasteiger charge is -2.36. The monoisotopic (exact) mass is 656 g/mol. The number of piperazine rings is 2. The van der Waals surface area contributed by atoms with Crippen LogP contribution in [0, 0.1) is 11.6 Å². The minimum atomic E-state index is -0.253. The van der Waals surface area contributed by atoms with Gasteiger partial charge in [-0.05, 0) is 99.4 Å². The first-order valence-electron chi connectivity index (χ1n) is 17.3. The number of unbranched alkanes of at least 4 members (excludes halogenated alkanes) is 2. The van der Waals surface area contributed by atoms with E-state index < -0.39 is 0 Å². The van der Waals surface area contributed by atoms with Gasteiger partial charge < -0.3 is 20.4 Å². The van der Waals surface area contributed by atoms with Gasteiger partial charge in [0.25, 0.3) is 5.91 Å². The molecule has 11 heteroatoms. The van der Waals surface area contributed by atoms with E-state index in [0.717, 1.165) is 120 Å². The van der Waals surface area contributed by atoms with Gasteiger partial charge in [0.15, 0.2) is 0 Å². The van der Waals surface area contributed by atoms with Crippen molar-refractivity contribution in [3.05, 3.63) is 90.3 Å². The van der Waals surface area contributed by atoms with E-state index in [2.05, 4.69) is 40.2 Å². The Balaban J connectivity index is 0.893. The quantitative estimate of drug-likeness (QED) is 0.178. The number of carbonyl (C=O) groups is 1. The first kappa shape index (κ1) is 33.5. The molecular weight excluding hydrogens is 610 g/mol. The highest BCUT2D eigenvalue weighted by atomic mass is 19.1. The third kappa shape index (κ3) is 9.17. The molecule has 2 fully saturated rings. The molecule has 3 heterocycles. The summed E-state index contributed by atoms with van der Waals surface area (Å²) in [7, 11) is 0. The maximum absolute atomic E-state index is 13.3. The van der Waals surface area contributed by atoms with Gasteiger partial charge in [0.05, 0.1) is 5.52 Å². The number of rotatable bonds is 14. The molecule has 9 nitrogen and oxygen atoms in total. The Labute approximate surface area is 281 Å². The van der Waals surface area contributed by atoms with Gasteiger partial charge in [0.2, 0.25) is 5.82 Å². The first-order chi connectivity index (χ1) is 23.5. The summed E-state index contributed by atoms with van der Waals surface area (Å²) in [6.45, 7) is 11.0. The van der Waals surface area contributed by atoms with E-state index in [1.807, 2.05) is 48.5 Å². The Morgan fingerprint density at radius 1 is 0.625 bits per heavy atom. The summed E-state index contributed by atoms with van der Waals surface area (Å²) in [5.74, 6) is 0.222. The fourth-order valence-electron chi connectivity index (χ4n) is 6.48. The Hall–Kier alpha value is -4.35. The fourth-order valence-corrected chi connectivity index (χ4v) is 6.48. The number of amides is 1. The van der Waals surface area contributed by atoms with Gasteiger partial charge in [-0.2, -0.15) is 0 Å². The summed E-state index contributed by atoms with van der Waals surface area (Å²) >= 11 is 0. The lowest BCUT2D eigenvalue weighted by Crippen LogP contribution is -2.46. The van der Waals surface area contributed by atoms with Crippen LogP contribution in [0.25, 0.3) is 10.9 Å². The SMILES string of the molecule is O=C(NCCCCN1CCN(c2ccc(F)cc2)CC1)c1nc(NCCCCN2CCN(c3ccc(F)cc3)CC2)c2ccccc2n1. The highest BCUT2D eigenvalue weighted by Gasteiger charge is 2.19. The highest BCUT2D eigenvalue weighted by molar-refractivity contribution is 5.96. The van der Waals surface area contributed by atoms with Crippen molar-refractivity contribution in [3.63, 3.8) is 0 Å². The van der Waals surface area contributed by atoms with Gasteiger partial charge in [0, 0.05) is 82.2 Å². The predicted octanol–water partition coefficient (Wildman–Crippen LogP) is 5.25. The summed E-state index contributed by atoms with van der Waals surface area (Å²) in [4.78, 5) is 31.8. The molecule has 0 unspecified atom stereocenters. The van der Waals surface area contributed by atoms with Gasteiger partial charge in [-0.25, -0.2) is 18.7 Å². The molecule has 0 radical (unpaired) electrons. The van der Waals surface area contributed by atoms with Crippen LogP contribution in [0.5, 0.6) is 0 Å². The summed E-state index contributed by atoms with van der Waals surface area (Å²) in [6.07, 6.45) is 3.92. The number of halogens is 2. The lowest BCUT2D eigenvalue weighted by molar-refractivity contribution is 0.0942. The van der Waals surface area contributed by atoms with Crippen molar-refractivity contribution in [3.8, 4) is 0 Å². The number of anilines is 3. The molecule has 3 aromatic carbocycles. The van der Waals surface area contributed by atoms with Crippen molar-refractivity contribution in [1.82, 2.24) is 25.1 Å². The number of carbonyl (C=O) groups excluding carboxylic acids is 1. The second-order valence-electron chi connectivity index (χ2n) is 12.6. The van der Waals surface area contributed by atoms with Gasteiger partial charge in [-0.15, -0.1) is 0 Å². The van der Waals surface area contributed by atoms with E-state index in [-0.39, 0.29) is 23.4 Å². The zero-order valence-corrected chi connectivity index (χ0v) is 27.6. The molecule has 2 saturated heterocycles. The number of aromatic nitrogens is 2. The maximum atomic E-state index is 13.3. The minimum absolute atomic E-state index is 0.187. The summed E-state index contributed by atoms with van der Waals surface area (Å²) in [5.41, 5.74) is 2.90. The Morgan fingerprint density at radius 2 is 1.15 bits per heavy atom. The normalized spacial score (nSPS) is 16.0. The molecule has 2 aliphatic heterocycles. The number of benzene rings is 3. The van der Waals surface area contributed by atoms with Crippen LogP contribution in [0.4, 0.5) is 26.0 Å². The van der Waals surface area contributed by atoms with Crippen LogP contribution in [0.3, 0.4) is 0 Å². The van der Waals surface area contributed by atoms with E-state index in [4.69, 9.17) is 0 Å². The van der Waals surface area contributed by atoms with Crippen molar-refractivity contribution >= 4 is 34.0 Å². The molecule has 0 saturated carbocycles. The van der Waals surface area contributed by atoms with Crippen LogP contribution in [-0.2, 0) is 0 Å². The topological polar surface area (TPSA) is 79.9 Å². The second-order valence-corrected chi connectivity index (χ2v) is 12.6. The number of hydrogen-bond donors (Lipinski definition) is 2. The zero-order chi connectivity index (χ0) is 33.1. The minimum Gasteiger partial charge on any atom is -0.369 e. The van der Waals surface area contributed by atoms with E-state index in [1.54, 1.807) is 0 Å². The number of fused-ring (bicyclic) bond motifs is 1. The molecule has 2 N–H and O–H groups in total. The van der Waals surface area contributed by atoms with Crippen LogP contribution in [0.2, 0.25) is 0 Å². The first-order valence-corrected chi connectivity index (χ1v) is 17.3. The van der Waals surface area contributed by atoms with Gasteiger partial charge >= 0.3 is 0 Å². The Bertz CT molecular complexity index is 1600. The summed E-state index contributed by atoms with van der Waals surface area (Å²) < 4.78 is 26.5. The Morgan fingerprint density at radius 3 is 1.71 bits per heavy atom. The van der Waals surface area contributed by atoms with Crippen molar-refractivity contribution in [2.75, 3.05) is 93.7 Å². The maximum Gasteiger partial charge on any atom is 0.289 e. The molecule has 0 spiro atoms. The molecule has 1 amide bonds. The van der Waals surface area contributed by atoms with E-state index in [9.17, 15) is 13.6 Å². The highest BCUT2D eigenvalue weighted by Crippen LogP contribution is 2.21. The zero-order valence-electron chi connectivity index (χ0n) is 27.6. The van der Waals surface area contributed by atoms with Crippen molar-refractivity contribution < 1.29 is 13.6 Å². The molecule has 1 aromatic heterocycles. The van der Waals surface area contributed by atoms with Crippen LogP contribution in [0.15, 0.2) is 72.8 Å². The van der Waals surface area contributed by atoms with Crippen LogP contribution < -0.4 is 20.4 Å². The Kier molecular flexibility index (Phi) is 11.6. The van der Waals surface area contributed by atoms with Gasteiger partial charge in [-0.3, -0.25) is 14.6 Å². The van der Waals surface area contributed by atoms with Crippen LogP contribution in [0.1, 0.15) is 36.3 Å². The average Bonchev–Trinajstić information content (AvgIpc) is 3.12. The molecular formula is C37H46F2N8O. The fraction of sp³-hybridized carbons (Fsp3) is 0.432. The molecule has 0 bridgehead atoms. The van der Waals surface area contributed by atoms with Gasteiger partial charge in [-0.1, -0.05) is 12.1 Å². The van der Waals surface area contributed by atoms with Crippen LogP contribution >= 0.6 is 0 Å². The number of para-hydroxylation sites is 1. The van der Waals surface area contributed by atoms with Gasteiger partial charge in [0.1, 0.15) is 17.5 Å². The van der Waals surface area contributed by atoms with Crippen LogP contribution in [-0.4, -0.2) is 104 Å². The van der Waals surface area contributed by atoms with E-state index in [1.165, 1.54) is 24.3 Å². The molecule has 2 aliphatic rings. The smallest absolute Gasteiger partial charge is 0.289 e. The summed E-state index contributed by atoms with van der Waals surface area (Å²) in [6, 6.07) is 21.3. The summed E-state index contributed by atoms with van der Waals surface area (Å²) in [5, 5.41) is 7.39. The number of hydrogen-bond acceptors (Lipinski definition) is 8. The largest absolute Gasteiger partial charge is 0.369 e. The third-order valence-corrected chi connectivity index (χ3v) is 9.31. The van der Waals surface area contributed by atoms with E-state index >= 15 is 0 Å². The molecule has 0 atom stereocenters. The average molecular weight is 657 g/mol. The molecule has 6 rings (SSSR count). The van der Waals surface area contributed by atoms with Crippen molar-refractivity contribution in [2.24, 2.45) is 0 Å². The molecule has 4 aromatic rings. The standard InChI is InChI=1S/C37H46F2N8O/c38-29-9-13-31(14-10-29)46-25-21-44(22-26-46)19-5-3-17-40-35-33-7-1-2-8-34(33)42-36(43-35)37(48)41-18-4-6-20-45-23-27-47(28-24-45)32-15-11-30(39)12-16-32/h1-2,7-16H,3-6,17-28H2,(H,41,48)(H,40,42,43). The number of nitrogens with one attached hydrogen (secondary N) is 2. The van der Waals surface area contributed by atoms with Crippen molar-refractivity contribution in [2.45, 2.75) is 25.7 Å². The molecule has 254 valence electrons. The predicted molar refractivity (Wildman–Crippen MR) is 189 cm³/mol. The van der Waals surface area contributed by atoms with Crippen molar-refractivity contribution in [1.29, 1.82) is 0 Å². The third-order valence-electron chi connectivity index (χ3n) is 9.31. The number of nitrogens with zero attached hydrogens (tertiary/aromatic N) is 6. The molecule has 0 aliphatic carbocycles. The molecule has 48 heavy (non-hydrogen) atoms. The van der Waals surface area contributed by atoms with E-state index in [0.29, 0.717) is 12.4 Å².